The van der Waals surface area contributed by atoms with Crippen molar-refractivity contribution in [3.8, 4) is 22.3 Å². The largest absolute Gasteiger partial charge is 0.311 e. The van der Waals surface area contributed by atoms with Crippen molar-refractivity contribution in [3.63, 3.8) is 0 Å². The van der Waals surface area contributed by atoms with Crippen molar-refractivity contribution in [2.45, 2.75) is 64.7 Å². The molecule has 0 saturated carbocycles. The first-order chi connectivity index (χ1) is 25.5. The number of rotatable bonds is 5. The first-order valence-electron chi connectivity index (χ1n) is 19.0. The summed E-state index contributed by atoms with van der Waals surface area (Å²) in [5.41, 5.74) is 20.3. The van der Waals surface area contributed by atoms with Crippen LogP contribution in [0, 0.1) is 13.8 Å². The molecule has 7 aromatic carbocycles. The normalized spacial score (nSPS) is 16.4. The van der Waals surface area contributed by atoms with Gasteiger partial charge in [0, 0.05) is 22.5 Å². The Labute approximate surface area is 315 Å². The van der Waals surface area contributed by atoms with E-state index in [9.17, 15) is 0 Å². The Bertz CT molecular complexity index is 2460. The zero-order valence-electron chi connectivity index (χ0n) is 32.0. The van der Waals surface area contributed by atoms with Gasteiger partial charge in [0.25, 0.3) is 0 Å². The molecule has 0 spiro atoms. The Morgan fingerprint density at radius 2 is 0.868 bits per heavy atom. The van der Waals surface area contributed by atoms with E-state index in [2.05, 4.69) is 211 Å². The molecule has 260 valence electrons. The molecule has 0 heterocycles. The second-order valence-electron chi connectivity index (χ2n) is 16.8. The molecule has 53 heavy (non-hydrogen) atoms. The van der Waals surface area contributed by atoms with E-state index in [-0.39, 0.29) is 10.8 Å². The van der Waals surface area contributed by atoms with Crippen LogP contribution >= 0.6 is 0 Å². The summed E-state index contributed by atoms with van der Waals surface area (Å²) in [6, 6.07) is 59.5. The van der Waals surface area contributed by atoms with Gasteiger partial charge >= 0.3 is 0 Å². The maximum atomic E-state index is 2.47. The third-order valence-corrected chi connectivity index (χ3v) is 12.0. The zero-order chi connectivity index (χ0) is 36.7. The highest BCUT2D eigenvalue weighted by Crippen LogP contribution is 2.63. The van der Waals surface area contributed by atoms with E-state index in [4.69, 9.17) is 0 Å². The number of hydrogen-bond acceptors (Lipinski definition) is 1. The van der Waals surface area contributed by atoms with Gasteiger partial charge in [-0.1, -0.05) is 167 Å². The predicted molar refractivity (Wildman–Crippen MR) is 224 cm³/mol. The van der Waals surface area contributed by atoms with E-state index in [0.29, 0.717) is 0 Å². The molecule has 0 N–H and O–H groups in total. The van der Waals surface area contributed by atoms with Gasteiger partial charge in [0.05, 0.1) is 5.41 Å². The van der Waals surface area contributed by atoms with E-state index >= 15 is 0 Å². The molecule has 1 unspecified atom stereocenters. The summed E-state index contributed by atoms with van der Waals surface area (Å²) in [6.07, 6.45) is 0. The van der Waals surface area contributed by atoms with E-state index in [1.54, 1.807) is 0 Å². The first kappa shape index (κ1) is 33.2. The second kappa shape index (κ2) is 11.9. The standard InChI is InChI=1S/C52H47N/c1-34-18-28-42-44-30-31-45-43-29-19-35(2)33-47(43)52(37-22-20-36(21-23-37)50(3,4)5,49(45)48(44)51(6,7)46(42)32-34)38-24-26-41(27-25-38)53(39-14-10-8-11-15-39)40-16-12-9-13-17-40/h8-33H,1-7H3. The van der Waals surface area contributed by atoms with Gasteiger partial charge in [-0.25, -0.2) is 0 Å². The molecular weight excluding hydrogens is 639 g/mol. The minimum atomic E-state index is -0.532. The van der Waals surface area contributed by atoms with Crippen LogP contribution in [0.3, 0.4) is 0 Å². The summed E-state index contributed by atoms with van der Waals surface area (Å²) in [5.74, 6) is 0. The SMILES string of the molecule is Cc1ccc2c(c1)C(C)(C)c1c-2ccc2c1C(c1ccc(N(c3ccccc3)c3ccccc3)cc1)(c1ccc(C(C)(C)C)cc1)c1cc(C)ccc1-2. The fourth-order valence-electron chi connectivity index (χ4n) is 9.42. The topological polar surface area (TPSA) is 3.24 Å². The molecule has 9 rings (SSSR count). The highest BCUT2D eigenvalue weighted by Gasteiger charge is 2.52. The van der Waals surface area contributed by atoms with Gasteiger partial charge in [-0.15, -0.1) is 0 Å². The fraction of sp³-hybridized carbons (Fsp3) is 0.192. The van der Waals surface area contributed by atoms with Crippen molar-refractivity contribution in [3.05, 3.63) is 208 Å². The van der Waals surface area contributed by atoms with Gasteiger partial charge in [-0.3, -0.25) is 0 Å². The molecule has 0 aromatic heterocycles. The maximum absolute atomic E-state index is 2.47. The lowest BCUT2D eigenvalue weighted by Gasteiger charge is -2.38. The quantitative estimate of drug-likeness (QED) is 0.174. The molecule has 0 radical (unpaired) electrons. The average Bonchev–Trinajstić information content (AvgIpc) is 3.57. The van der Waals surface area contributed by atoms with Crippen LogP contribution in [0.5, 0.6) is 0 Å². The minimum Gasteiger partial charge on any atom is -0.311 e. The number of hydrogen-bond donors (Lipinski definition) is 0. The van der Waals surface area contributed by atoms with Gasteiger partial charge in [-0.2, -0.15) is 0 Å². The molecule has 0 aliphatic heterocycles. The summed E-state index contributed by atoms with van der Waals surface area (Å²) in [6.45, 7) is 16.3. The van der Waals surface area contributed by atoms with Crippen molar-refractivity contribution in [1.29, 1.82) is 0 Å². The van der Waals surface area contributed by atoms with Crippen molar-refractivity contribution >= 4 is 17.1 Å². The van der Waals surface area contributed by atoms with E-state index in [1.165, 1.54) is 72.3 Å². The Kier molecular flexibility index (Phi) is 7.48. The number of anilines is 3. The van der Waals surface area contributed by atoms with Crippen LogP contribution in [0.15, 0.2) is 158 Å². The smallest absolute Gasteiger partial charge is 0.0716 e. The van der Waals surface area contributed by atoms with E-state index in [0.717, 1.165) is 17.1 Å². The Morgan fingerprint density at radius 3 is 1.40 bits per heavy atom. The van der Waals surface area contributed by atoms with Crippen molar-refractivity contribution in [1.82, 2.24) is 0 Å². The molecule has 7 aromatic rings. The van der Waals surface area contributed by atoms with Crippen molar-refractivity contribution in [2.24, 2.45) is 0 Å². The summed E-state index contributed by atoms with van der Waals surface area (Å²) in [4.78, 5) is 2.36. The number of para-hydroxylation sites is 2. The molecular formula is C52H47N. The zero-order valence-corrected chi connectivity index (χ0v) is 32.0. The lowest BCUT2D eigenvalue weighted by molar-refractivity contribution is 0.589. The molecule has 0 saturated heterocycles. The van der Waals surface area contributed by atoms with Gasteiger partial charge in [-0.05, 0) is 117 Å². The summed E-state index contributed by atoms with van der Waals surface area (Å²) in [7, 11) is 0. The minimum absolute atomic E-state index is 0.0521. The highest BCUT2D eigenvalue weighted by molar-refractivity contribution is 5.94. The van der Waals surface area contributed by atoms with Crippen molar-refractivity contribution in [2.75, 3.05) is 4.90 Å². The van der Waals surface area contributed by atoms with Gasteiger partial charge in [0.1, 0.15) is 0 Å². The summed E-state index contributed by atoms with van der Waals surface area (Å²) >= 11 is 0. The van der Waals surface area contributed by atoms with Crippen LogP contribution in [-0.2, 0) is 16.2 Å². The lowest BCUT2D eigenvalue weighted by atomic mass is 9.63. The molecule has 0 fully saturated rings. The number of fused-ring (bicyclic) bond motifs is 7. The average molecular weight is 686 g/mol. The molecule has 2 aliphatic rings. The Hall–Kier alpha value is -5.66. The molecule has 0 amide bonds. The van der Waals surface area contributed by atoms with Gasteiger partial charge in [0.2, 0.25) is 0 Å². The lowest BCUT2D eigenvalue weighted by Crippen LogP contribution is -2.32. The third-order valence-electron chi connectivity index (χ3n) is 12.0. The Morgan fingerprint density at radius 1 is 0.434 bits per heavy atom. The van der Waals surface area contributed by atoms with Crippen molar-refractivity contribution < 1.29 is 0 Å². The van der Waals surface area contributed by atoms with Crippen LogP contribution in [0.2, 0.25) is 0 Å². The molecule has 2 aliphatic carbocycles. The van der Waals surface area contributed by atoms with Crippen LogP contribution in [0.4, 0.5) is 17.1 Å². The number of aryl methyl sites for hydroxylation is 2. The van der Waals surface area contributed by atoms with Crippen LogP contribution in [0.1, 0.15) is 84.7 Å². The third kappa shape index (κ3) is 4.97. The Balaban J connectivity index is 1.36. The van der Waals surface area contributed by atoms with E-state index in [1.807, 2.05) is 0 Å². The monoisotopic (exact) mass is 685 g/mol. The molecule has 0 bridgehead atoms. The first-order valence-corrected chi connectivity index (χ1v) is 19.0. The molecule has 1 heteroatoms. The number of benzene rings is 7. The van der Waals surface area contributed by atoms with Crippen LogP contribution in [-0.4, -0.2) is 0 Å². The fourth-order valence-corrected chi connectivity index (χ4v) is 9.42. The maximum Gasteiger partial charge on any atom is 0.0716 e. The predicted octanol–water partition coefficient (Wildman–Crippen LogP) is 13.7. The number of nitrogens with zero attached hydrogens (tertiary/aromatic N) is 1. The van der Waals surface area contributed by atoms with Gasteiger partial charge < -0.3 is 4.90 Å². The van der Waals surface area contributed by atoms with Crippen LogP contribution < -0.4 is 4.90 Å². The molecule has 1 atom stereocenters. The van der Waals surface area contributed by atoms with E-state index < -0.39 is 5.41 Å². The highest BCUT2D eigenvalue weighted by atomic mass is 15.1. The summed E-state index contributed by atoms with van der Waals surface area (Å²) < 4.78 is 0. The second-order valence-corrected chi connectivity index (χ2v) is 16.8. The van der Waals surface area contributed by atoms with Crippen LogP contribution in [0.25, 0.3) is 22.3 Å². The van der Waals surface area contributed by atoms with Gasteiger partial charge in [0.15, 0.2) is 0 Å². The summed E-state index contributed by atoms with van der Waals surface area (Å²) in [5, 5.41) is 0. The molecule has 1 nitrogen and oxygen atoms in total.